The number of carbonyl (C=O) groups is 2. The van der Waals surface area contributed by atoms with E-state index in [1.807, 2.05) is 18.2 Å². The third-order valence-electron chi connectivity index (χ3n) is 3.60. The van der Waals surface area contributed by atoms with Crippen molar-refractivity contribution in [1.82, 2.24) is 14.9 Å². The van der Waals surface area contributed by atoms with Crippen molar-refractivity contribution in [2.75, 3.05) is 11.9 Å². The number of aromatic nitrogens is 2. The molecule has 0 aliphatic rings. The average molecular weight is 464 g/mol. The number of nitrogens with zero attached hydrogens (tertiary/aromatic N) is 2. The van der Waals surface area contributed by atoms with Gasteiger partial charge in [0.25, 0.3) is 5.91 Å². The van der Waals surface area contributed by atoms with Crippen molar-refractivity contribution >= 4 is 55.2 Å². The Bertz CT molecular complexity index is 819. The third-order valence-corrected chi connectivity index (χ3v) is 5.72. The summed E-state index contributed by atoms with van der Waals surface area (Å²) in [5, 5.41) is 20.4. The summed E-state index contributed by atoms with van der Waals surface area (Å²) < 4.78 is 3.51. The van der Waals surface area contributed by atoms with Crippen LogP contribution >= 0.6 is 31.9 Å². The van der Waals surface area contributed by atoms with E-state index in [9.17, 15) is 9.59 Å². The second kappa shape index (κ2) is 7.49. The van der Waals surface area contributed by atoms with E-state index in [1.54, 1.807) is 0 Å². The number of anilines is 1. The average Bonchev–Trinajstić information content (AvgIpc) is 2.92. The highest BCUT2D eigenvalue weighted by Gasteiger charge is 2.20. The van der Waals surface area contributed by atoms with Gasteiger partial charge in [-0.3, -0.25) is 19.2 Å². The number of nitrogens with one attached hydrogen (secondary N) is 2. The Morgan fingerprint density at radius 1 is 1.25 bits per heavy atom. The zero-order chi connectivity index (χ0) is 18.0. The minimum absolute atomic E-state index is 0.0722. The topological polar surface area (TPSA) is 116 Å². The first-order chi connectivity index (χ1) is 11.3. The minimum Gasteiger partial charge on any atom is -0.481 e. The number of halogens is 2. The molecule has 0 aliphatic carbocycles. The third kappa shape index (κ3) is 3.55. The first-order valence-electron chi connectivity index (χ1n) is 7.02. The molecule has 2 aromatic rings. The van der Waals surface area contributed by atoms with Crippen molar-refractivity contribution in [1.29, 1.82) is 0 Å². The van der Waals surface area contributed by atoms with Crippen LogP contribution in [-0.4, -0.2) is 38.1 Å². The second-order valence-electron chi connectivity index (χ2n) is 5.19. The molecule has 0 radical (unpaired) electrons. The Kier molecular flexibility index (Phi) is 5.83. The molecule has 0 aromatic carbocycles. The number of amides is 1. The maximum Gasteiger partial charge on any atom is 0.303 e. The number of aliphatic carboxylic acids is 1. The van der Waals surface area contributed by atoms with Gasteiger partial charge >= 0.3 is 5.97 Å². The summed E-state index contributed by atoms with van der Waals surface area (Å²) in [5.41, 5.74) is 4.65. The lowest BCUT2D eigenvalue weighted by molar-refractivity contribution is -0.137. The molecular formula is C14H16Br2N4O4. The number of hydrogen-bond acceptors (Lipinski definition) is 5. The number of rotatable bonds is 6. The zero-order valence-electron chi connectivity index (χ0n) is 13.0. The highest BCUT2D eigenvalue weighted by molar-refractivity contribution is 9.11. The van der Waals surface area contributed by atoms with Gasteiger partial charge in [-0.15, -0.1) is 0 Å². The van der Waals surface area contributed by atoms with E-state index in [-0.39, 0.29) is 19.4 Å². The number of fused-ring (bicyclic) bond motifs is 1. The fourth-order valence-corrected chi connectivity index (χ4v) is 3.50. The van der Waals surface area contributed by atoms with Gasteiger partial charge < -0.3 is 10.4 Å². The molecule has 130 valence electrons. The standard InChI is InChI=1S/C14H16Br2N4O4/c1-6-11(15)7(2)20-8(3-4-10(22)23)13(17-5-9(21)19-24)18-14(20)12(6)16/h17,24H,3-5H2,1-2H3,(H,19,21)(H,22,23). The number of aryl methyl sites for hydroxylation is 2. The maximum atomic E-state index is 11.3. The Morgan fingerprint density at radius 2 is 1.92 bits per heavy atom. The lowest BCUT2D eigenvalue weighted by Gasteiger charge is -2.12. The van der Waals surface area contributed by atoms with Crippen molar-refractivity contribution in [3.63, 3.8) is 0 Å². The monoisotopic (exact) mass is 462 g/mol. The lowest BCUT2D eigenvalue weighted by Crippen LogP contribution is -2.27. The summed E-state index contributed by atoms with van der Waals surface area (Å²) >= 11 is 7.05. The molecule has 8 nitrogen and oxygen atoms in total. The molecule has 10 heteroatoms. The molecule has 2 rings (SSSR count). The molecule has 1 amide bonds. The fourth-order valence-electron chi connectivity index (χ4n) is 2.40. The van der Waals surface area contributed by atoms with Crippen LogP contribution in [0.2, 0.25) is 0 Å². The van der Waals surface area contributed by atoms with Crippen LogP contribution in [0, 0.1) is 13.8 Å². The van der Waals surface area contributed by atoms with Gasteiger partial charge in [0.05, 0.1) is 23.1 Å². The summed E-state index contributed by atoms with van der Waals surface area (Å²) in [6, 6.07) is 0. The SMILES string of the molecule is Cc1c(Br)c(C)n2c(CCC(=O)O)c(NCC(=O)NO)nc2c1Br. The highest BCUT2D eigenvalue weighted by atomic mass is 79.9. The molecule has 0 saturated heterocycles. The molecule has 0 saturated carbocycles. The summed E-state index contributed by atoms with van der Waals surface area (Å²) in [5.74, 6) is -1.14. The number of imidazole rings is 1. The number of pyridine rings is 1. The Hall–Kier alpha value is -1.65. The van der Waals surface area contributed by atoms with Crippen LogP contribution in [0.4, 0.5) is 5.82 Å². The predicted molar refractivity (Wildman–Crippen MR) is 94.4 cm³/mol. The van der Waals surface area contributed by atoms with E-state index >= 15 is 0 Å². The normalized spacial score (nSPS) is 10.9. The van der Waals surface area contributed by atoms with Gasteiger partial charge in [-0.2, -0.15) is 0 Å². The molecule has 0 aliphatic heterocycles. The quantitative estimate of drug-likeness (QED) is 0.386. The molecule has 0 atom stereocenters. The first kappa shape index (κ1) is 18.7. The molecule has 0 spiro atoms. The number of carbonyl (C=O) groups excluding carboxylic acids is 1. The molecule has 2 aromatic heterocycles. The van der Waals surface area contributed by atoms with E-state index in [0.717, 1.165) is 20.2 Å². The van der Waals surface area contributed by atoms with Crippen LogP contribution in [0.1, 0.15) is 23.4 Å². The Labute approximate surface area is 154 Å². The Morgan fingerprint density at radius 3 is 2.50 bits per heavy atom. The summed E-state index contributed by atoms with van der Waals surface area (Å²) in [6.45, 7) is 3.64. The second-order valence-corrected chi connectivity index (χ2v) is 6.77. The van der Waals surface area contributed by atoms with E-state index in [1.165, 1.54) is 5.48 Å². The minimum atomic E-state index is -0.924. The summed E-state index contributed by atoms with van der Waals surface area (Å²) in [4.78, 5) is 26.7. The van der Waals surface area contributed by atoms with Crippen molar-refractivity contribution in [3.8, 4) is 0 Å². The highest BCUT2D eigenvalue weighted by Crippen LogP contribution is 2.34. The maximum absolute atomic E-state index is 11.3. The van der Waals surface area contributed by atoms with E-state index in [4.69, 9.17) is 10.3 Å². The van der Waals surface area contributed by atoms with Crippen molar-refractivity contribution in [2.45, 2.75) is 26.7 Å². The summed E-state index contributed by atoms with van der Waals surface area (Å²) in [6.07, 6.45) is 0.166. The molecule has 4 N–H and O–H groups in total. The van der Waals surface area contributed by atoms with Gasteiger partial charge in [-0.25, -0.2) is 10.5 Å². The van der Waals surface area contributed by atoms with Crippen molar-refractivity contribution < 1.29 is 19.9 Å². The van der Waals surface area contributed by atoms with Gasteiger partial charge in [-0.05, 0) is 51.3 Å². The van der Waals surface area contributed by atoms with Crippen LogP contribution in [0.5, 0.6) is 0 Å². The number of hydrogen-bond donors (Lipinski definition) is 4. The van der Waals surface area contributed by atoms with Crippen LogP contribution < -0.4 is 10.8 Å². The Balaban J connectivity index is 2.60. The van der Waals surface area contributed by atoms with E-state index in [0.29, 0.717) is 17.2 Å². The van der Waals surface area contributed by atoms with Crippen LogP contribution in [-0.2, 0) is 16.0 Å². The van der Waals surface area contributed by atoms with Crippen LogP contribution in [0.25, 0.3) is 5.65 Å². The zero-order valence-corrected chi connectivity index (χ0v) is 16.2. The first-order valence-corrected chi connectivity index (χ1v) is 8.60. The molecular weight excluding hydrogens is 448 g/mol. The van der Waals surface area contributed by atoms with Gasteiger partial charge in [0.15, 0.2) is 5.65 Å². The molecule has 0 fully saturated rings. The number of carboxylic acids is 1. The molecule has 2 heterocycles. The van der Waals surface area contributed by atoms with Crippen LogP contribution in [0.3, 0.4) is 0 Å². The van der Waals surface area contributed by atoms with Gasteiger partial charge in [0.1, 0.15) is 5.82 Å². The predicted octanol–water partition coefficient (Wildman–Crippen LogP) is 2.41. The van der Waals surface area contributed by atoms with Crippen molar-refractivity contribution in [2.24, 2.45) is 0 Å². The lowest BCUT2D eigenvalue weighted by atomic mass is 10.2. The number of carboxylic acid groups (broad SMARTS) is 1. The van der Waals surface area contributed by atoms with Crippen LogP contribution in [0.15, 0.2) is 8.95 Å². The molecule has 0 bridgehead atoms. The number of hydroxylamine groups is 1. The van der Waals surface area contributed by atoms with Gasteiger partial charge in [0.2, 0.25) is 0 Å². The van der Waals surface area contributed by atoms with Crippen molar-refractivity contribution in [3.05, 3.63) is 25.9 Å². The molecule has 24 heavy (non-hydrogen) atoms. The fraction of sp³-hybridized carbons (Fsp3) is 0.357. The van der Waals surface area contributed by atoms with Gasteiger partial charge in [-0.1, -0.05) is 0 Å². The molecule has 0 unspecified atom stereocenters. The van der Waals surface area contributed by atoms with Gasteiger partial charge in [0, 0.05) is 16.6 Å². The van der Waals surface area contributed by atoms with E-state index < -0.39 is 11.9 Å². The summed E-state index contributed by atoms with van der Waals surface area (Å²) in [7, 11) is 0. The smallest absolute Gasteiger partial charge is 0.303 e. The van der Waals surface area contributed by atoms with E-state index in [2.05, 4.69) is 42.2 Å². The largest absolute Gasteiger partial charge is 0.481 e.